The lowest BCUT2D eigenvalue weighted by Gasteiger charge is -2.34. The van der Waals surface area contributed by atoms with Crippen molar-refractivity contribution in [2.75, 3.05) is 0 Å². The van der Waals surface area contributed by atoms with E-state index in [0.717, 1.165) is 18.4 Å². The van der Waals surface area contributed by atoms with E-state index in [1.807, 2.05) is 32.9 Å². The van der Waals surface area contributed by atoms with Crippen LogP contribution in [0.4, 0.5) is 4.39 Å². The van der Waals surface area contributed by atoms with Gasteiger partial charge >= 0.3 is 0 Å². The van der Waals surface area contributed by atoms with Gasteiger partial charge < -0.3 is 11.1 Å². The summed E-state index contributed by atoms with van der Waals surface area (Å²) in [6.45, 7) is 6.12. The van der Waals surface area contributed by atoms with Crippen molar-refractivity contribution in [3.63, 3.8) is 0 Å². The number of nitrogens with one attached hydrogen (secondary N) is 1. The number of nitrogens with zero attached hydrogens (tertiary/aromatic N) is 1. The molecule has 5 heteroatoms. The van der Waals surface area contributed by atoms with Crippen molar-refractivity contribution in [2.24, 2.45) is 10.7 Å². The molecule has 1 fully saturated rings. The normalized spacial score (nSPS) is 22.7. The molecule has 0 unspecified atom stereocenters. The van der Waals surface area contributed by atoms with Crippen LogP contribution in [0.15, 0.2) is 29.3 Å². The number of rotatable bonds is 2. The van der Waals surface area contributed by atoms with Gasteiger partial charge in [0.1, 0.15) is 5.82 Å². The fraction of sp³-hybridized carbons (Fsp3) is 0.533. The van der Waals surface area contributed by atoms with Crippen LogP contribution in [0.2, 0.25) is 0 Å². The van der Waals surface area contributed by atoms with Gasteiger partial charge in [0.2, 0.25) is 0 Å². The molecule has 0 bridgehead atoms. The number of nitrogens with two attached hydrogens (primary N) is 1. The third-order valence-electron chi connectivity index (χ3n) is 3.28. The van der Waals surface area contributed by atoms with Crippen LogP contribution in [-0.2, 0) is 0 Å². The van der Waals surface area contributed by atoms with Crippen molar-refractivity contribution in [2.45, 2.75) is 51.1 Å². The predicted molar refractivity (Wildman–Crippen MR) is 92.1 cm³/mol. The van der Waals surface area contributed by atoms with Crippen molar-refractivity contribution in [1.82, 2.24) is 5.32 Å². The Morgan fingerprint density at radius 3 is 2.45 bits per heavy atom. The minimum atomic E-state index is -0.115. The lowest BCUT2D eigenvalue weighted by molar-refractivity contribution is 0.342. The summed E-state index contributed by atoms with van der Waals surface area (Å²) in [5.74, 6) is 0.637. The molecule has 1 saturated carbocycles. The van der Waals surface area contributed by atoms with Gasteiger partial charge in [0.15, 0.2) is 5.96 Å². The average Bonchev–Trinajstić information content (AvgIpc) is 2.22. The highest BCUT2D eigenvalue weighted by Crippen LogP contribution is 2.39. The zero-order chi connectivity index (χ0) is 14.0. The van der Waals surface area contributed by atoms with E-state index in [0.29, 0.717) is 5.96 Å². The third-order valence-corrected chi connectivity index (χ3v) is 3.28. The second kappa shape index (κ2) is 6.74. The molecular formula is C15H23FIN3. The first-order valence-corrected chi connectivity index (χ1v) is 6.71. The first-order chi connectivity index (χ1) is 8.85. The molecule has 0 heterocycles. The molecule has 0 atom stereocenters. The summed E-state index contributed by atoms with van der Waals surface area (Å²) in [7, 11) is 0. The topological polar surface area (TPSA) is 50.4 Å². The van der Waals surface area contributed by atoms with Crippen molar-refractivity contribution < 1.29 is 4.39 Å². The number of hydrogen-bond donors (Lipinski definition) is 2. The lowest BCUT2D eigenvalue weighted by Crippen LogP contribution is -2.46. The van der Waals surface area contributed by atoms with E-state index in [1.165, 1.54) is 6.07 Å². The predicted octanol–water partition coefficient (Wildman–Crippen LogP) is 3.39. The van der Waals surface area contributed by atoms with Gasteiger partial charge in [-0.2, -0.15) is 0 Å². The van der Waals surface area contributed by atoms with Gasteiger partial charge in [0.05, 0.1) is 6.04 Å². The molecule has 3 nitrogen and oxygen atoms in total. The Morgan fingerprint density at radius 1 is 1.30 bits per heavy atom. The lowest BCUT2D eigenvalue weighted by atomic mass is 9.76. The fourth-order valence-electron chi connectivity index (χ4n) is 2.37. The Bertz CT molecular complexity index is 476. The third kappa shape index (κ3) is 4.61. The van der Waals surface area contributed by atoms with Crippen molar-refractivity contribution >= 4 is 29.9 Å². The number of aliphatic imine (C=N–C) groups is 1. The second-order valence-corrected chi connectivity index (χ2v) is 6.23. The van der Waals surface area contributed by atoms with E-state index in [2.05, 4.69) is 10.3 Å². The maximum Gasteiger partial charge on any atom is 0.189 e. The number of benzene rings is 1. The Kier molecular flexibility index (Phi) is 5.79. The summed E-state index contributed by atoms with van der Waals surface area (Å²) in [5, 5.41) is 3.14. The molecule has 1 aliphatic carbocycles. The molecule has 1 aliphatic rings. The average molecular weight is 391 g/mol. The zero-order valence-corrected chi connectivity index (χ0v) is 14.5. The van der Waals surface area contributed by atoms with Crippen LogP contribution >= 0.6 is 24.0 Å². The molecular weight excluding hydrogens is 368 g/mol. The molecule has 0 amide bonds. The molecule has 0 spiro atoms. The van der Waals surface area contributed by atoms with Gasteiger partial charge in [-0.15, -0.1) is 24.0 Å². The monoisotopic (exact) mass is 391 g/mol. The van der Waals surface area contributed by atoms with Crippen LogP contribution in [0.5, 0.6) is 0 Å². The molecule has 0 aliphatic heterocycles. The highest BCUT2D eigenvalue weighted by atomic mass is 127. The Morgan fingerprint density at radius 2 is 1.90 bits per heavy atom. The van der Waals surface area contributed by atoms with Crippen molar-refractivity contribution in [3.8, 4) is 0 Å². The van der Waals surface area contributed by atoms with Crippen LogP contribution in [0.25, 0.3) is 0 Å². The van der Waals surface area contributed by atoms with Crippen LogP contribution in [-0.4, -0.2) is 17.5 Å². The van der Waals surface area contributed by atoms with Crippen molar-refractivity contribution in [3.05, 3.63) is 35.6 Å². The van der Waals surface area contributed by atoms with Gasteiger partial charge in [-0.1, -0.05) is 18.2 Å². The van der Waals surface area contributed by atoms with Gasteiger partial charge in [0.25, 0.3) is 0 Å². The van der Waals surface area contributed by atoms with Crippen LogP contribution in [0, 0.1) is 5.82 Å². The molecule has 3 N–H and O–H groups in total. The maximum atomic E-state index is 13.6. The minimum absolute atomic E-state index is 0. The van der Waals surface area contributed by atoms with Crippen LogP contribution in [0.1, 0.15) is 45.1 Å². The first kappa shape index (κ1) is 17.2. The minimum Gasteiger partial charge on any atom is -0.370 e. The molecule has 1 aromatic rings. The summed E-state index contributed by atoms with van der Waals surface area (Å²) < 4.78 is 13.6. The van der Waals surface area contributed by atoms with Crippen LogP contribution < -0.4 is 11.1 Å². The summed E-state index contributed by atoms with van der Waals surface area (Å²) in [5.41, 5.74) is 6.57. The maximum absolute atomic E-state index is 13.6. The van der Waals surface area contributed by atoms with Gasteiger partial charge in [-0.25, -0.2) is 4.39 Å². The standard InChI is InChI=1S/C15H22FN3.HI/c1-15(2,3)19-14(17)18-11-8-10(9-11)12-6-4-5-7-13(12)16;/h4-7,10-11H,8-9H2,1-3H3,(H3,17,18,19);1H. The summed E-state index contributed by atoms with van der Waals surface area (Å²) in [6.07, 6.45) is 1.74. The second-order valence-electron chi connectivity index (χ2n) is 6.23. The van der Waals surface area contributed by atoms with Gasteiger partial charge in [-0.3, -0.25) is 4.99 Å². The Hall–Kier alpha value is -0.850. The molecule has 0 saturated heterocycles. The Labute approximate surface area is 137 Å². The van der Waals surface area contributed by atoms with E-state index in [4.69, 9.17) is 5.73 Å². The zero-order valence-electron chi connectivity index (χ0n) is 12.2. The fourth-order valence-corrected chi connectivity index (χ4v) is 2.37. The number of hydrogen-bond acceptors (Lipinski definition) is 1. The SMILES string of the molecule is CC(C)(C)NC(N)=NC1CC(c2ccccc2F)C1.I. The van der Waals surface area contributed by atoms with Crippen LogP contribution in [0.3, 0.4) is 0 Å². The number of guanidine groups is 1. The highest BCUT2D eigenvalue weighted by molar-refractivity contribution is 14.0. The summed E-state index contributed by atoms with van der Waals surface area (Å²) in [6, 6.07) is 7.18. The number of halogens is 2. The molecule has 2 rings (SSSR count). The quantitative estimate of drug-likeness (QED) is 0.461. The largest absolute Gasteiger partial charge is 0.370 e. The van der Waals surface area contributed by atoms with Gasteiger partial charge in [0, 0.05) is 5.54 Å². The van der Waals surface area contributed by atoms with E-state index < -0.39 is 0 Å². The van der Waals surface area contributed by atoms with E-state index in [9.17, 15) is 4.39 Å². The highest BCUT2D eigenvalue weighted by Gasteiger charge is 2.32. The molecule has 20 heavy (non-hydrogen) atoms. The van der Waals surface area contributed by atoms with Gasteiger partial charge in [-0.05, 0) is 51.2 Å². The molecule has 112 valence electrons. The van der Waals surface area contributed by atoms with Crippen molar-refractivity contribution in [1.29, 1.82) is 0 Å². The van der Waals surface area contributed by atoms with E-state index in [1.54, 1.807) is 6.07 Å². The first-order valence-electron chi connectivity index (χ1n) is 6.71. The van der Waals surface area contributed by atoms with E-state index in [-0.39, 0.29) is 47.3 Å². The molecule has 1 aromatic carbocycles. The summed E-state index contributed by atoms with van der Waals surface area (Å²) >= 11 is 0. The van der Waals surface area contributed by atoms with E-state index >= 15 is 0 Å². The molecule has 0 radical (unpaired) electrons. The Balaban J connectivity index is 0.00000200. The molecule has 0 aromatic heterocycles. The summed E-state index contributed by atoms with van der Waals surface area (Å²) in [4.78, 5) is 4.43. The smallest absolute Gasteiger partial charge is 0.189 e.